The van der Waals surface area contributed by atoms with Crippen LogP contribution in [0.4, 0.5) is 0 Å². The summed E-state index contributed by atoms with van der Waals surface area (Å²) >= 11 is 3.50. The third-order valence-corrected chi connectivity index (χ3v) is 3.20. The Hall–Kier alpha value is -0.840. The van der Waals surface area contributed by atoms with E-state index in [1.807, 2.05) is 0 Å². The van der Waals surface area contributed by atoms with Crippen LogP contribution in [0.2, 0.25) is 0 Å². The summed E-state index contributed by atoms with van der Waals surface area (Å²) in [5.74, 6) is 0. The fourth-order valence-electron chi connectivity index (χ4n) is 2.02. The van der Waals surface area contributed by atoms with Crippen molar-refractivity contribution in [3.63, 3.8) is 0 Å². The predicted octanol–water partition coefficient (Wildman–Crippen LogP) is 1.86. The number of hydrogen-bond acceptors (Lipinski definition) is 2. The fourth-order valence-corrected chi connectivity index (χ4v) is 2.38. The maximum absolute atomic E-state index is 5.63. The SMILES string of the molecule is NCCc1cn(CCN)c2ccc(Br)cc12. The van der Waals surface area contributed by atoms with Crippen LogP contribution in [-0.2, 0) is 13.0 Å². The summed E-state index contributed by atoms with van der Waals surface area (Å²) in [5, 5.41) is 1.27. The molecule has 16 heavy (non-hydrogen) atoms. The smallest absolute Gasteiger partial charge is 0.0484 e. The highest BCUT2D eigenvalue weighted by Crippen LogP contribution is 2.25. The van der Waals surface area contributed by atoms with Gasteiger partial charge in [-0.3, -0.25) is 0 Å². The summed E-state index contributed by atoms with van der Waals surface area (Å²) in [6.45, 7) is 2.18. The average molecular weight is 282 g/mol. The molecule has 2 aromatic rings. The van der Waals surface area contributed by atoms with Crippen molar-refractivity contribution < 1.29 is 0 Å². The summed E-state index contributed by atoms with van der Waals surface area (Å²) < 4.78 is 3.30. The third kappa shape index (κ3) is 2.14. The molecule has 0 amide bonds. The van der Waals surface area contributed by atoms with Crippen LogP contribution < -0.4 is 11.5 Å². The zero-order valence-corrected chi connectivity index (χ0v) is 10.7. The van der Waals surface area contributed by atoms with Crippen molar-refractivity contribution in [2.24, 2.45) is 11.5 Å². The van der Waals surface area contributed by atoms with E-state index < -0.39 is 0 Å². The summed E-state index contributed by atoms with van der Waals surface area (Å²) in [4.78, 5) is 0. The van der Waals surface area contributed by atoms with E-state index in [1.54, 1.807) is 0 Å². The van der Waals surface area contributed by atoms with Crippen molar-refractivity contribution in [2.75, 3.05) is 13.1 Å². The quantitative estimate of drug-likeness (QED) is 0.899. The maximum atomic E-state index is 5.63. The van der Waals surface area contributed by atoms with E-state index in [0.29, 0.717) is 13.1 Å². The van der Waals surface area contributed by atoms with E-state index in [1.165, 1.54) is 16.5 Å². The molecular weight excluding hydrogens is 266 g/mol. The largest absolute Gasteiger partial charge is 0.346 e. The Morgan fingerprint density at radius 3 is 2.69 bits per heavy atom. The van der Waals surface area contributed by atoms with Crippen molar-refractivity contribution in [3.05, 3.63) is 34.4 Å². The summed E-state index contributed by atoms with van der Waals surface area (Å²) in [6.07, 6.45) is 3.07. The molecule has 86 valence electrons. The molecule has 4 N–H and O–H groups in total. The van der Waals surface area contributed by atoms with Crippen LogP contribution in [0.15, 0.2) is 28.9 Å². The standard InChI is InChI=1S/C12H16BrN3/c13-10-1-2-12-11(7-10)9(3-4-14)8-16(12)6-5-15/h1-2,7-8H,3-6,14-15H2. The Bertz CT molecular complexity index is 490. The number of benzene rings is 1. The minimum atomic E-state index is 0.655. The first kappa shape index (κ1) is 11.6. The molecular formula is C12H16BrN3. The highest BCUT2D eigenvalue weighted by molar-refractivity contribution is 9.10. The van der Waals surface area contributed by atoms with Gasteiger partial charge in [-0.15, -0.1) is 0 Å². The van der Waals surface area contributed by atoms with E-state index >= 15 is 0 Å². The lowest BCUT2D eigenvalue weighted by Gasteiger charge is -2.02. The molecule has 0 spiro atoms. The highest BCUT2D eigenvalue weighted by atomic mass is 79.9. The molecule has 0 saturated heterocycles. The van der Waals surface area contributed by atoms with Gasteiger partial charge in [0, 0.05) is 34.7 Å². The second-order valence-electron chi connectivity index (χ2n) is 3.84. The normalized spacial score (nSPS) is 11.2. The van der Waals surface area contributed by atoms with E-state index in [0.717, 1.165) is 17.4 Å². The summed E-state index contributed by atoms with van der Waals surface area (Å²) in [5.41, 5.74) is 13.8. The summed E-state index contributed by atoms with van der Waals surface area (Å²) in [7, 11) is 0. The number of halogens is 1. The van der Waals surface area contributed by atoms with Crippen molar-refractivity contribution >= 4 is 26.8 Å². The zero-order valence-electron chi connectivity index (χ0n) is 9.12. The van der Waals surface area contributed by atoms with Crippen molar-refractivity contribution in [1.82, 2.24) is 4.57 Å². The van der Waals surface area contributed by atoms with Gasteiger partial charge < -0.3 is 16.0 Å². The van der Waals surface area contributed by atoms with Crippen LogP contribution in [0.25, 0.3) is 10.9 Å². The number of nitrogens with zero attached hydrogens (tertiary/aromatic N) is 1. The third-order valence-electron chi connectivity index (χ3n) is 2.71. The molecule has 4 heteroatoms. The molecule has 0 atom stereocenters. The van der Waals surface area contributed by atoms with Gasteiger partial charge in [-0.05, 0) is 36.7 Å². The molecule has 0 saturated carbocycles. The first-order chi connectivity index (χ1) is 7.76. The lowest BCUT2D eigenvalue weighted by Crippen LogP contribution is -2.08. The van der Waals surface area contributed by atoms with Gasteiger partial charge in [0.05, 0.1) is 0 Å². The number of nitrogens with two attached hydrogens (primary N) is 2. The van der Waals surface area contributed by atoms with Crippen molar-refractivity contribution in [1.29, 1.82) is 0 Å². The molecule has 0 bridgehead atoms. The van der Waals surface area contributed by atoms with E-state index in [4.69, 9.17) is 11.5 Å². The van der Waals surface area contributed by atoms with Gasteiger partial charge in [0.1, 0.15) is 0 Å². The van der Waals surface area contributed by atoms with Crippen LogP contribution in [0.3, 0.4) is 0 Å². The molecule has 0 aliphatic heterocycles. The minimum Gasteiger partial charge on any atom is -0.346 e. The van der Waals surface area contributed by atoms with E-state index in [2.05, 4.69) is 44.9 Å². The van der Waals surface area contributed by atoms with Gasteiger partial charge >= 0.3 is 0 Å². The first-order valence-electron chi connectivity index (χ1n) is 5.43. The van der Waals surface area contributed by atoms with Crippen LogP contribution in [0.5, 0.6) is 0 Å². The van der Waals surface area contributed by atoms with Gasteiger partial charge in [0.25, 0.3) is 0 Å². The fraction of sp³-hybridized carbons (Fsp3) is 0.333. The van der Waals surface area contributed by atoms with Crippen LogP contribution in [0, 0.1) is 0 Å². The Kier molecular flexibility index (Phi) is 3.63. The molecule has 0 aliphatic carbocycles. The van der Waals surface area contributed by atoms with Crippen LogP contribution in [0.1, 0.15) is 5.56 Å². The van der Waals surface area contributed by atoms with Crippen molar-refractivity contribution in [2.45, 2.75) is 13.0 Å². The Labute approximate surface area is 104 Å². The first-order valence-corrected chi connectivity index (χ1v) is 6.23. The molecule has 1 aromatic heterocycles. The van der Waals surface area contributed by atoms with Gasteiger partial charge in [-0.2, -0.15) is 0 Å². The monoisotopic (exact) mass is 281 g/mol. The Morgan fingerprint density at radius 1 is 1.19 bits per heavy atom. The number of aromatic nitrogens is 1. The van der Waals surface area contributed by atoms with E-state index in [-0.39, 0.29) is 0 Å². The highest BCUT2D eigenvalue weighted by Gasteiger charge is 2.07. The topological polar surface area (TPSA) is 57.0 Å². The molecule has 3 nitrogen and oxygen atoms in total. The number of fused-ring (bicyclic) bond motifs is 1. The molecule has 0 aliphatic rings. The lowest BCUT2D eigenvalue weighted by atomic mass is 10.1. The molecule has 0 unspecified atom stereocenters. The molecule has 0 radical (unpaired) electrons. The second kappa shape index (κ2) is 4.99. The van der Waals surface area contributed by atoms with Gasteiger partial charge in [-0.1, -0.05) is 15.9 Å². The van der Waals surface area contributed by atoms with Gasteiger partial charge in [0.15, 0.2) is 0 Å². The molecule has 1 heterocycles. The maximum Gasteiger partial charge on any atom is 0.0484 e. The van der Waals surface area contributed by atoms with Crippen molar-refractivity contribution in [3.8, 4) is 0 Å². The van der Waals surface area contributed by atoms with Gasteiger partial charge in [-0.25, -0.2) is 0 Å². The van der Waals surface area contributed by atoms with Crippen LogP contribution in [-0.4, -0.2) is 17.7 Å². The lowest BCUT2D eigenvalue weighted by molar-refractivity contribution is 0.731. The second-order valence-corrected chi connectivity index (χ2v) is 4.75. The molecule has 2 rings (SSSR count). The number of hydrogen-bond donors (Lipinski definition) is 2. The molecule has 0 fully saturated rings. The minimum absolute atomic E-state index is 0.655. The summed E-state index contributed by atoms with van der Waals surface area (Å²) in [6, 6.07) is 6.32. The number of rotatable bonds is 4. The van der Waals surface area contributed by atoms with Gasteiger partial charge in [0.2, 0.25) is 0 Å². The Balaban J connectivity index is 2.56. The van der Waals surface area contributed by atoms with Crippen LogP contribution >= 0.6 is 15.9 Å². The van der Waals surface area contributed by atoms with E-state index in [9.17, 15) is 0 Å². The average Bonchev–Trinajstić information content (AvgIpc) is 2.58. The molecule has 1 aromatic carbocycles. The predicted molar refractivity (Wildman–Crippen MR) is 71.5 cm³/mol. The zero-order chi connectivity index (χ0) is 11.5. The Morgan fingerprint density at radius 2 is 2.00 bits per heavy atom.